The Bertz CT molecular complexity index is 460. The standard InChI is InChI=1S/C10H11N3S/c11-7-1-5-3-8-9(4-6(5)2-7)14-10(12)13-8/h3-4,7H,1-2,11H2,(H2,12,13). The summed E-state index contributed by atoms with van der Waals surface area (Å²) in [5, 5.41) is 0.646. The van der Waals surface area contributed by atoms with Gasteiger partial charge in [-0.05, 0) is 36.1 Å². The molecule has 0 amide bonds. The van der Waals surface area contributed by atoms with Crippen molar-refractivity contribution in [3.8, 4) is 0 Å². The van der Waals surface area contributed by atoms with Crippen molar-refractivity contribution < 1.29 is 0 Å². The van der Waals surface area contributed by atoms with E-state index in [0.29, 0.717) is 11.2 Å². The zero-order valence-electron chi connectivity index (χ0n) is 7.66. The number of fused-ring (bicyclic) bond motifs is 2. The van der Waals surface area contributed by atoms with Crippen LogP contribution in [-0.2, 0) is 12.8 Å². The van der Waals surface area contributed by atoms with Crippen LogP contribution in [0.2, 0.25) is 0 Å². The fraction of sp³-hybridized carbons (Fsp3) is 0.300. The molecule has 3 nitrogen and oxygen atoms in total. The largest absolute Gasteiger partial charge is 0.375 e. The number of aromatic nitrogens is 1. The minimum atomic E-state index is 0.291. The maximum absolute atomic E-state index is 5.90. The highest BCUT2D eigenvalue weighted by Gasteiger charge is 2.19. The highest BCUT2D eigenvalue weighted by Crippen LogP contribution is 2.30. The number of anilines is 1. The second-order valence-electron chi connectivity index (χ2n) is 3.81. The molecule has 1 aromatic carbocycles. The van der Waals surface area contributed by atoms with Gasteiger partial charge in [-0.3, -0.25) is 0 Å². The van der Waals surface area contributed by atoms with Crippen molar-refractivity contribution in [2.75, 3.05) is 5.73 Å². The van der Waals surface area contributed by atoms with Crippen LogP contribution in [-0.4, -0.2) is 11.0 Å². The number of hydrogen-bond acceptors (Lipinski definition) is 4. The molecule has 0 saturated carbocycles. The molecule has 1 atom stereocenters. The van der Waals surface area contributed by atoms with Crippen molar-refractivity contribution in [1.29, 1.82) is 0 Å². The summed E-state index contributed by atoms with van der Waals surface area (Å²) in [7, 11) is 0. The van der Waals surface area contributed by atoms with E-state index >= 15 is 0 Å². The molecule has 1 aliphatic rings. The van der Waals surface area contributed by atoms with Gasteiger partial charge < -0.3 is 11.5 Å². The van der Waals surface area contributed by atoms with Crippen molar-refractivity contribution in [2.45, 2.75) is 18.9 Å². The van der Waals surface area contributed by atoms with Gasteiger partial charge in [0, 0.05) is 6.04 Å². The molecule has 1 aliphatic carbocycles. The molecule has 0 saturated heterocycles. The van der Waals surface area contributed by atoms with Gasteiger partial charge in [0.25, 0.3) is 0 Å². The summed E-state index contributed by atoms with van der Waals surface area (Å²) in [4.78, 5) is 4.27. The fourth-order valence-electron chi connectivity index (χ4n) is 2.09. The van der Waals surface area contributed by atoms with E-state index in [1.807, 2.05) is 0 Å². The summed E-state index contributed by atoms with van der Waals surface area (Å²) in [6.45, 7) is 0. The van der Waals surface area contributed by atoms with E-state index in [9.17, 15) is 0 Å². The average molecular weight is 205 g/mol. The fourth-order valence-corrected chi connectivity index (χ4v) is 2.87. The number of nitrogens with two attached hydrogens (primary N) is 2. The number of rotatable bonds is 0. The molecule has 0 radical (unpaired) electrons. The zero-order chi connectivity index (χ0) is 9.71. The maximum Gasteiger partial charge on any atom is 0.181 e. The van der Waals surface area contributed by atoms with Crippen LogP contribution in [0.5, 0.6) is 0 Å². The predicted octanol–water partition coefficient (Wildman–Crippen LogP) is 1.30. The summed E-state index contributed by atoms with van der Waals surface area (Å²) in [5.74, 6) is 0. The molecule has 1 heterocycles. The number of hydrogen-bond donors (Lipinski definition) is 2. The van der Waals surface area contributed by atoms with Gasteiger partial charge in [-0.1, -0.05) is 11.3 Å². The van der Waals surface area contributed by atoms with Crippen molar-refractivity contribution in [3.05, 3.63) is 23.3 Å². The Morgan fingerprint density at radius 3 is 2.79 bits per heavy atom. The minimum Gasteiger partial charge on any atom is -0.375 e. The lowest BCUT2D eigenvalue weighted by molar-refractivity contribution is 0.721. The lowest BCUT2D eigenvalue weighted by atomic mass is 10.1. The maximum atomic E-state index is 5.90. The Balaban J connectivity index is 2.25. The highest BCUT2D eigenvalue weighted by atomic mass is 32.1. The zero-order valence-corrected chi connectivity index (χ0v) is 8.47. The van der Waals surface area contributed by atoms with E-state index in [2.05, 4.69) is 17.1 Å². The smallest absolute Gasteiger partial charge is 0.181 e. The lowest BCUT2D eigenvalue weighted by Crippen LogP contribution is -2.18. The van der Waals surface area contributed by atoms with E-state index < -0.39 is 0 Å². The SMILES string of the molecule is Nc1nc2cc3c(cc2s1)CC(N)C3. The summed E-state index contributed by atoms with van der Waals surface area (Å²) >= 11 is 1.55. The molecule has 14 heavy (non-hydrogen) atoms. The van der Waals surface area contributed by atoms with Crippen LogP contribution in [0.1, 0.15) is 11.1 Å². The Morgan fingerprint density at radius 2 is 2.00 bits per heavy atom. The second kappa shape index (κ2) is 2.68. The summed E-state index contributed by atoms with van der Waals surface area (Å²) < 4.78 is 1.18. The third-order valence-electron chi connectivity index (χ3n) is 2.69. The molecule has 0 fully saturated rings. The van der Waals surface area contributed by atoms with Gasteiger partial charge in [0.1, 0.15) is 0 Å². The lowest BCUT2D eigenvalue weighted by Gasteiger charge is -1.96. The Hall–Kier alpha value is -1.13. The predicted molar refractivity (Wildman–Crippen MR) is 59.4 cm³/mol. The Labute approximate surface area is 85.7 Å². The van der Waals surface area contributed by atoms with Crippen LogP contribution in [0.15, 0.2) is 12.1 Å². The van der Waals surface area contributed by atoms with Gasteiger partial charge in [-0.2, -0.15) is 0 Å². The molecule has 2 aromatic rings. The van der Waals surface area contributed by atoms with Crippen LogP contribution in [0.25, 0.3) is 10.2 Å². The van der Waals surface area contributed by atoms with Crippen LogP contribution in [0, 0.1) is 0 Å². The van der Waals surface area contributed by atoms with Gasteiger partial charge in [0.2, 0.25) is 0 Å². The van der Waals surface area contributed by atoms with Gasteiger partial charge in [-0.25, -0.2) is 4.98 Å². The Kier molecular flexibility index (Phi) is 1.57. The summed E-state index contributed by atoms with van der Waals surface area (Å²) in [6, 6.07) is 4.61. The van der Waals surface area contributed by atoms with E-state index in [1.165, 1.54) is 15.8 Å². The first-order valence-corrected chi connectivity index (χ1v) is 5.47. The van der Waals surface area contributed by atoms with E-state index in [0.717, 1.165) is 18.4 Å². The van der Waals surface area contributed by atoms with E-state index in [1.54, 1.807) is 11.3 Å². The number of nitrogen functional groups attached to an aromatic ring is 1. The first kappa shape index (κ1) is 8.20. The molecule has 3 rings (SSSR count). The topological polar surface area (TPSA) is 64.9 Å². The Morgan fingerprint density at radius 1 is 1.29 bits per heavy atom. The minimum absolute atomic E-state index is 0.291. The number of benzene rings is 1. The second-order valence-corrected chi connectivity index (χ2v) is 4.87. The first-order valence-electron chi connectivity index (χ1n) is 4.66. The molecule has 0 aliphatic heterocycles. The monoisotopic (exact) mass is 205 g/mol. The number of nitrogens with zero attached hydrogens (tertiary/aromatic N) is 1. The van der Waals surface area contributed by atoms with Gasteiger partial charge in [0.05, 0.1) is 10.2 Å². The van der Waals surface area contributed by atoms with E-state index in [-0.39, 0.29) is 0 Å². The van der Waals surface area contributed by atoms with Crippen molar-refractivity contribution in [1.82, 2.24) is 4.98 Å². The molecule has 4 heteroatoms. The quantitative estimate of drug-likeness (QED) is 0.681. The molecule has 4 N–H and O–H groups in total. The van der Waals surface area contributed by atoms with Crippen molar-refractivity contribution in [3.63, 3.8) is 0 Å². The van der Waals surface area contributed by atoms with Crippen LogP contribution in [0.4, 0.5) is 5.13 Å². The van der Waals surface area contributed by atoms with Crippen molar-refractivity contribution >= 4 is 26.7 Å². The van der Waals surface area contributed by atoms with Gasteiger partial charge >= 0.3 is 0 Å². The molecule has 0 spiro atoms. The van der Waals surface area contributed by atoms with E-state index in [4.69, 9.17) is 11.5 Å². The van der Waals surface area contributed by atoms with Crippen LogP contribution >= 0.6 is 11.3 Å². The summed E-state index contributed by atoms with van der Waals surface area (Å²) in [5.41, 5.74) is 15.3. The molecule has 1 unspecified atom stereocenters. The molecule has 1 aromatic heterocycles. The number of thiazole rings is 1. The van der Waals surface area contributed by atoms with Crippen LogP contribution in [0.3, 0.4) is 0 Å². The average Bonchev–Trinajstić information content (AvgIpc) is 2.59. The summed E-state index contributed by atoms with van der Waals surface area (Å²) in [6.07, 6.45) is 1.96. The molecular formula is C10H11N3S. The third kappa shape index (κ3) is 1.11. The van der Waals surface area contributed by atoms with Crippen LogP contribution < -0.4 is 11.5 Å². The molecule has 0 bridgehead atoms. The normalized spacial score (nSPS) is 20.2. The third-order valence-corrected chi connectivity index (χ3v) is 3.54. The molecular weight excluding hydrogens is 194 g/mol. The first-order chi connectivity index (χ1) is 6.72. The highest BCUT2D eigenvalue weighted by molar-refractivity contribution is 7.22. The van der Waals surface area contributed by atoms with Gasteiger partial charge in [0.15, 0.2) is 5.13 Å². The van der Waals surface area contributed by atoms with Gasteiger partial charge in [-0.15, -0.1) is 0 Å². The molecule has 72 valence electrons. The van der Waals surface area contributed by atoms with Crippen molar-refractivity contribution in [2.24, 2.45) is 5.73 Å².